The third-order valence-corrected chi connectivity index (χ3v) is 5.91. The number of nitrogens with two attached hydrogens (primary N) is 1. The van der Waals surface area contributed by atoms with Gasteiger partial charge in [-0.1, -0.05) is 6.07 Å². The number of hydrogen-bond donors (Lipinski definition) is 2. The topological polar surface area (TPSA) is 80.0 Å². The molecule has 140 valence electrons. The van der Waals surface area contributed by atoms with Crippen LogP contribution in [0.3, 0.4) is 0 Å². The van der Waals surface area contributed by atoms with Crippen molar-refractivity contribution in [2.24, 2.45) is 4.99 Å². The maximum atomic E-state index is 6.38. The average Bonchev–Trinajstić information content (AvgIpc) is 3.20. The summed E-state index contributed by atoms with van der Waals surface area (Å²) in [6.07, 6.45) is 6.37. The standard InChI is InChI=1S/C23H23N5/c1-13(25-2)21-18(24)8-10-20-22(21)16-5-3-4-6-17(16)23(27-20)14-7-9-19-15(11-14)12-26-28-19/h7-12H,3-6,24H2,1-2H3,(H,26,28). The number of aromatic amines is 1. The van der Waals surface area contributed by atoms with Gasteiger partial charge in [0.2, 0.25) is 0 Å². The molecule has 0 saturated heterocycles. The predicted molar refractivity (Wildman–Crippen MR) is 116 cm³/mol. The van der Waals surface area contributed by atoms with Crippen molar-refractivity contribution in [1.29, 1.82) is 0 Å². The Morgan fingerprint density at radius 2 is 1.93 bits per heavy atom. The number of nitrogen functional groups attached to an aromatic ring is 1. The van der Waals surface area contributed by atoms with Crippen molar-refractivity contribution in [1.82, 2.24) is 15.2 Å². The van der Waals surface area contributed by atoms with E-state index in [4.69, 9.17) is 10.7 Å². The normalized spacial score (nSPS) is 14.6. The Morgan fingerprint density at radius 3 is 2.75 bits per heavy atom. The van der Waals surface area contributed by atoms with E-state index in [-0.39, 0.29) is 0 Å². The summed E-state index contributed by atoms with van der Waals surface area (Å²) in [5.41, 5.74) is 16.2. The summed E-state index contributed by atoms with van der Waals surface area (Å²) < 4.78 is 0. The predicted octanol–water partition coefficient (Wildman–Crippen LogP) is 4.68. The summed E-state index contributed by atoms with van der Waals surface area (Å²) in [4.78, 5) is 9.55. The van der Waals surface area contributed by atoms with Crippen molar-refractivity contribution in [2.45, 2.75) is 32.6 Å². The molecule has 0 saturated carbocycles. The van der Waals surface area contributed by atoms with Crippen LogP contribution in [0.15, 0.2) is 41.5 Å². The minimum atomic E-state index is 0.776. The maximum Gasteiger partial charge on any atom is 0.0744 e. The summed E-state index contributed by atoms with van der Waals surface area (Å²) >= 11 is 0. The highest BCUT2D eigenvalue weighted by Crippen LogP contribution is 2.38. The molecule has 2 heterocycles. The summed E-state index contributed by atoms with van der Waals surface area (Å²) in [6, 6.07) is 10.4. The Hall–Kier alpha value is -3.21. The number of aryl methyl sites for hydroxylation is 1. The SMILES string of the molecule is CN=C(C)c1c(N)ccc2nc(-c3ccc4[nH]ncc4c3)c3c(c12)CCCC3. The Balaban J connectivity index is 1.86. The highest BCUT2D eigenvalue weighted by atomic mass is 15.1. The van der Waals surface area contributed by atoms with Gasteiger partial charge in [0.15, 0.2) is 0 Å². The first-order valence-corrected chi connectivity index (χ1v) is 9.78. The quantitative estimate of drug-likeness (QED) is 0.398. The molecule has 1 aliphatic rings. The van der Waals surface area contributed by atoms with E-state index in [0.29, 0.717) is 0 Å². The van der Waals surface area contributed by atoms with Crippen LogP contribution in [0.2, 0.25) is 0 Å². The van der Waals surface area contributed by atoms with Crippen LogP contribution in [-0.2, 0) is 12.8 Å². The number of H-pyrrole nitrogens is 1. The maximum absolute atomic E-state index is 6.38. The fraction of sp³-hybridized carbons (Fsp3) is 0.261. The Kier molecular flexibility index (Phi) is 3.90. The Morgan fingerprint density at radius 1 is 1.11 bits per heavy atom. The monoisotopic (exact) mass is 369 g/mol. The van der Waals surface area contributed by atoms with E-state index in [0.717, 1.165) is 57.5 Å². The molecule has 0 amide bonds. The smallest absolute Gasteiger partial charge is 0.0744 e. The molecule has 0 spiro atoms. The van der Waals surface area contributed by atoms with Gasteiger partial charge >= 0.3 is 0 Å². The number of pyridine rings is 1. The van der Waals surface area contributed by atoms with Gasteiger partial charge in [0, 0.05) is 40.3 Å². The Bertz CT molecular complexity index is 1250. The molecule has 4 aromatic rings. The molecule has 0 atom stereocenters. The van der Waals surface area contributed by atoms with Crippen molar-refractivity contribution >= 4 is 33.2 Å². The summed E-state index contributed by atoms with van der Waals surface area (Å²) in [7, 11) is 1.82. The van der Waals surface area contributed by atoms with Crippen molar-refractivity contribution in [3.8, 4) is 11.3 Å². The Labute approximate surface area is 163 Å². The van der Waals surface area contributed by atoms with E-state index < -0.39 is 0 Å². The lowest BCUT2D eigenvalue weighted by Gasteiger charge is -2.23. The van der Waals surface area contributed by atoms with Crippen molar-refractivity contribution < 1.29 is 0 Å². The molecule has 28 heavy (non-hydrogen) atoms. The summed E-state index contributed by atoms with van der Waals surface area (Å²) in [5.74, 6) is 0. The number of aliphatic imine (C=N–C) groups is 1. The molecule has 0 bridgehead atoms. The number of benzene rings is 2. The van der Waals surface area contributed by atoms with Gasteiger partial charge in [-0.2, -0.15) is 5.10 Å². The first kappa shape index (κ1) is 16.9. The molecule has 5 nitrogen and oxygen atoms in total. The van der Waals surface area contributed by atoms with Crippen molar-refractivity contribution in [2.75, 3.05) is 12.8 Å². The minimum absolute atomic E-state index is 0.776. The van der Waals surface area contributed by atoms with Crippen molar-refractivity contribution in [3.05, 3.63) is 53.2 Å². The molecule has 2 aromatic carbocycles. The lowest BCUT2D eigenvalue weighted by molar-refractivity contribution is 0.689. The lowest BCUT2D eigenvalue weighted by atomic mass is 9.84. The fourth-order valence-corrected chi connectivity index (χ4v) is 4.47. The number of aromatic nitrogens is 3. The first-order valence-electron chi connectivity index (χ1n) is 9.78. The molecule has 0 unspecified atom stereocenters. The third kappa shape index (κ3) is 2.50. The molecular weight excluding hydrogens is 346 g/mol. The molecule has 1 aliphatic carbocycles. The highest BCUT2D eigenvalue weighted by molar-refractivity contribution is 6.14. The molecule has 3 N–H and O–H groups in total. The minimum Gasteiger partial charge on any atom is -0.398 e. The van der Waals surface area contributed by atoms with Gasteiger partial charge < -0.3 is 5.73 Å². The van der Waals surface area contributed by atoms with E-state index >= 15 is 0 Å². The van der Waals surface area contributed by atoms with Gasteiger partial charge in [0.25, 0.3) is 0 Å². The van der Waals surface area contributed by atoms with Gasteiger partial charge in [-0.3, -0.25) is 10.1 Å². The molecule has 0 radical (unpaired) electrons. The van der Waals surface area contributed by atoms with Crippen LogP contribution >= 0.6 is 0 Å². The van der Waals surface area contributed by atoms with E-state index in [1.54, 1.807) is 0 Å². The average molecular weight is 369 g/mol. The van der Waals surface area contributed by atoms with Crippen LogP contribution < -0.4 is 5.73 Å². The zero-order chi connectivity index (χ0) is 19.3. The van der Waals surface area contributed by atoms with Crippen molar-refractivity contribution in [3.63, 3.8) is 0 Å². The number of nitrogens with zero attached hydrogens (tertiary/aromatic N) is 3. The lowest BCUT2D eigenvalue weighted by Crippen LogP contribution is -2.11. The second-order valence-electron chi connectivity index (χ2n) is 7.53. The number of nitrogens with one attached hydrogen (secondary N) is 1. The fourth-order valence-electron chi connectivity index (χ4n) is 4.47. The number of anilines is 1. The van der Waals surface area contributed by atoms with Crippen LogP contribution in [0.5, 0.6) is 0 Å². The van der Waals surface area contributed by atoms with E-state index in [9.17, 15) is 0 Å². The second-order valence-corrected chi connectivity index (χ2v) is 7.53. The third-order valence-electron chi connectivity index (χ3n) is 5.91. The zero-order valence-corrected chi connectivity index (χ0v) is 16.2. The second kappa shape index (κ2) is 6.44. The van der Waals surface area contributed by atoms with Gasteiger partial charge in [-0.05, 0) is 68.0 Å². The van der Waals surface area contributed by atoms with Crippen LogP contribution in [0, 0.1) is 0 Å². The molecule has 5 heteroatoms. The summed E-state index contributed by atoms with van der Waals surface area (Å²) in [5, 5.41) is 9.47. The van der Waals surface area contributed by atoms with Crippen LogP contribution in [0.4, 0.5) is 5.69 Å². The molecule has 2 aromatic heterocycles. The van der Waals surface area contributed by atoms with Gasteiger partial charge in [0.1, 0.15) is 0 Å². The van der Waals surface area contributed by atoms with E-state index in [1.807, 2.05) is 32.3 Å². The van der Waals surface area contributed by atoms with E-state index in [2.05, 4.69) is 33.4 Å². The summed E-state index contributed by atoms with van der Waals surface area (Å²) in [6.45, 7) is 2.03. The molecule has 5 rings (SSSR count). The van der Waals surface area contributed by atoms with Crippen LogP contribution in [0.25, 0.3) is 33.1 Å². The highest BCUT2D eigenvalue weighted by Gasteiger charge is 2.23. The van der Waals surface area contributed by atoms with Crippen LogP contribution in [-0.4, -0.2) is 27.9 Å². The van der Waals surface area contributed by atoms with Crippen LogP contribution in [0.1, 0.15) is 36.5 Å². The number of fused-ring (bicyclic) bond motifs is 4. The first-order chi connectivity index (χ1) is 13.7. The zero-order valence-electron chi connectivity index (χ0n) is 16.2. The van der Waals surface area contributed by atoms with E-state index in [1.165, 1.54) is 29.4 Å². The van der Waals surface area contributed by atoms with Gasteiger partial charge in [0.05, 0.1) is 22.9 Å². The number of hydrogen-bond acceptors (Lipinski definition) is 4. The number of rotatable bonds is 2. The molecular formula is C23H23N5. The molecule has 0 aliphatic heterocycles. The van der Waals surface area contributed by atoms with Gasteiger partial charge in [-0.15, -0.1) is 0 Å². The largest absolute Gasteiger partial charge is 0.398 e. The molecule has 0 fully saturated rings. The van der Waals surface area contributed by atoms with Gasteiger partial charge in [-0.25, -0.2) is 4.98 Å².